The molecule has 0 aromatic heterocycles. The van der Waals surface area contributed by atoms with Crippen LogP contribution in [0.4, 0.5) is 30.7 Å². The number of benzene rings is 2. The Morgan fingerprint density at radius 2 is 1.36 bits per heavy atom. The molecule has 0 spiro atoms. The van der Waals surface area contributed by atoms with Gasteiger partial charge in [0.15, 0.2) is 0 Å². The molecule has 0 aliphatic rings. The van der Waals surface area contributed by atoms with E-state index in [4.69, 9.17) is 0 Å². The lowest BCUT2D eigenvalue weighted by atomic mass is 9.91. The van der Waals surface area contributed by atoms with Crippen molar-refractivity contribution < 1.29 is 35.8 Å². The van der Waals surface area contributed by atoms with Gasteiger partial charge in [-0.3, -0.25) is 0 Å². The van der Waals surface area contributed by atoms with Crippen LogP contribution in [0.3, 0.4) is 0 Å². The van der Waals surface area contributed by atoms with E-state index in [9.17, 15) is 35.8 Å². The Balaban J connectivity index is 2.45. The molecule has 1 nitrogen and oxygen atoms in total. The number of alkyl halides is 6. The predicted octanol–water partition coefficient (Wildman–Crippen LogP) is 5.31. The van der Waals surface area contributed by atoms with Crippen molar-refractivity contribution in [1.82, 2.24) is 0 Å². The van der Waals surface area contributed by atoms with Gasteiger partial charge in [0.25, 0.3) is 0 Å². The Kier molecular flexibility index (Phi) is 4.94. The van der Waals surface area contributed by atoms with Crippen molar-refractivity contribution in [2.24, 2.45) is 0 Å². The molecule has 1 N–H and O–H groups in total. The van der Waals surface area contributed by atoms with Crippen LogP contribution in [0.25, 0.3) is 6.08 Å². The fourth-order valence-electron chi connectivity index (χ4n) is 2.09. The van der Waals surface area contributed by atoms with Crippen molar-refractivity contribution in [3.63, 3.8) is 0 Å². The van der Waals surface area contributed by atoms with E-state index in [0.717, 1.165) is 18.2 Å². The number of hydrogen-bond donors (Lipinski definition) is 1. The van der Waals surface area contributed by atoms with E-state index in [2.05, 4.69) is 0 Å². The highest BCUT2D eigenvalue weighted by atomic mass is 19.4. The minimum absolute atomic E-state index is 0.0505. The minimum atomic E-state index is -5.20. The van der Waals surface area contributed by atoms with Crippen LogP contribution in [0.5, 0.6) is 0 Å². The summed E-state index contributed by atoms with van der Waals surface area (Å²) in [5.74, 6) is -0.688. The molecule has 1 unspecified atom stereocenters. The van der Waals surface area contributed by atoms with Gasteiger partial charge in [-0.05, 0) is 41.5 Å². The highest BCUT2D eigenvalue weighted by molar-refractivity contribution is 5.52. The van der Waals surface area contributed by atoms with Crippen molar-refractivity contribution in [3.8, 4) is 0 Å². The monoisotopic (exact) mass is 364 g/mol. The normalized spacial score (nSPS) is 15.4. The second-order valence-electron chi connectivity index (χ2n) is 5.23. The zero-order chi connectivity index (χ0) is 18.9. The standard InChI is InChI=1S/C17H11F7O/c18-14-3-1-2-11(10-14)8-9-15(25,17(22,23)24)12-4-6-13(7-5-12)16(19,20)21/h1-10,25H. The lowest BCUT2D eigenvalue weighted by Crippen LogP contribution is -2.40. The highest BCUT2D eigenvalue weighted by Gasteiger charge is 2.53. The van der Waals surface area contributed by atoms with Gasteiger partial charge in [0.1, 0.15) is 5.82 Å². The summed E-state index contributed by atoms with van der Waals surface area (Å²) in [4.78, 5) is 0. The minimum Gasteiger partial charge on any atom is -0.373 e. The summed E-state index contributed by atoms with van der Waals surface area (Å²) in [6, 6.07) is 6.59. The molecule has 25 heavy (non-hydrogen) atoms. The van der Waals surface area contributed by atoms with Gasteiger partial charge in [0.05, 0.1) is 5.56 Å². The second-order valence-corrected chi connectivity index (χ2v) is 5.23. The third-order valence-corrected chi connectivity index (χ3v) is 3.45. The van der Waals surface area contributed by atoms with Gasteiger partial charge in [-0.25, -0.2) is 4.39 Å². The summed E-state index contributed by atoms with van der Waals surface area (Å²) in [6.07, 6.45) is -8.71. The van der Waals surface area contributed by atoms with Crippen molar-refractivity contribution in [3.05, 3.63) is 77.1 Å². The largest absolute Gasteiger partial charge is 0.425 e. The maximum absolute atomic E-state index is 13.3. The first kappa shape index (κ1) is 19.0. The van der Waals surface area contributed by atoms with Crippen LogP contribution in [0, 0.1) is 5.82 Å². The Morgan fingerprint density at radius 3 is 1.84 bits per heavy atom. The maximum Gasteiger partial charge on any atom is 0.425 e. The van der Waals surface area contributed by atoms with Crippen LogP contribution in [0.1, 0.15) is 16.7 Å². The van der Waals surface area contributed by atoms with E-state index in [0.29, 0.717) is 30.3 Å². The van der Waals surface area contributed by atoms with Gasteiger partial charge < -0.3 is 5.11 Å². The molecule has 2 aromatic carbocycles. The van der Waals surface area contributed by atoms with Crippen LogP contribution in [-0.4, -0.2) is 11.3 Å². The average molecular weight is 364 g/mol. The van der Waals surface area contributed by atoms with Crippen LogP contribution < -0.4 is 0 Å². The average Bonchev–Trinajstić information content (AvgIpc) is 2.51. The summed E-state index contributed by atoms with van der Waals surface area (Å²) in [5.41, 5.74) is -5.41. The number of hydrogen-bond acceptors (Lipinski definition) is 1. The molecular weight excluding hydrogens is 353 g/mol. The van der Waals surface area contributed by atoms with Crippen molar-refractivity contribution in [2.45, 2.75) is 18.0 Å². The van der Waals surface area contributed by atoms with Gasteiger partial charge in [0, 0.05) is 0 Å². The highest BCUT2D eigenvalue weighted by Crippen LogP contribution is 2.41. The molecule has 0 radical (unpaired) electrons. The second kappa shape index (κ2) is 6.51. The van der Waals surface area contributed by atoms with Gasteiger partial charge >= 0.3 is 12.4 Å². The Labute approximate surface area is 138 Å². The van der Waals surface area contributed by atoms with Crippen LogP contribution in [-0.2, 0) is 11.8 Å². The van der Waals surface area contributed by atoms with Crippen molar-refractivity contribution in [2.75, 3.05) is 0 Å². The van der Waals surface area contributed by atoms with E-state index in [1.807, 2.05) is 0 Å². The molecule has 0 heterocycles. The number of rotatable bonds is 3. The molecule has 8 heteroatoms. The molecule has 0 aliphatic carbocycles. The lowest BCUT2D eigenvalue weighted by Gasteiger charge is -2.28. The molecule has 0 amide bonds. The predicted molar refractivity (Wildman–Crippen MR) is 76.8 cm³/mol. The molecule has 1 atom stereocenters. The smallest absolute Gasteiger partial charge is 0.373 e. The molecule has 0 bridgehead atoms. The zero-order valence-electron chi connectivity index (χ0n) is 12.4. The van der Waals surface area contributed by atoms with Gasteiger partial charge in [-0.1, -0.05) is 30.3 Å². The number of aliphatic hydroxyl groups is 1. The fourth-order valence-corrected chi connectivity index (χ4v) is 2.09. The van der Waals surface area contributed by atoms with Crippen LogP contribution in [0.15, 0.2) is 54.6 Å². The topological polar surface area (TPSA) is 20.2 Å². The summed E-state index contributed by atoms with van der Waals surface area (Å²) in [6.45, 7) is 0. The third-order valence-electron chi connectivity index (χ3n) is 3.45. The van der Waals surface area contributed by atoms with E-state index in [1.54, 1.807) is 0 Å². The summed E-state index contributed by atoms with van der Waals surface area (Å²) < 4.78 is 90.6. The molecule has 0 saturated carbocycles. The van der Waals surface area contributed by atoms with Gasteiger partial charge in [-0.2, -0.15) is 26.3 Å². The van der Waals surface area contributed by atoms with Crippen LogP contribution >= 0.6 is 0 Å². The summed E-state index contributed by atoms with van der Waals surface area (Å²) >= 11 is 0. The first-order valence-electron chi connectivity index (χ1n) is 6.85. The summed E-state index contributed by atoms with van der Waals surface area (Å²) in [5, 5.41) is 10.1. The Hall–Kier alpha value is -2.35. The molecule has 0 fully saturated rings. The Bertz CT molecular complexity index is 760. The molecule has 134 valence electrons. The third kappa shape index (κ3) is 4.19. The van der Waals surface area contributed by atoms with E-state index in [-0.39, 0.29) is 5.56 Å². The van der Waals surface area contributed by atoms with E-state index in [1.165, 1.54) is 12.1 Å². The zero-order valence-corrected chi connectivity index (χ0v) is 12.4. The van der Waals surface area contributed by atoms with Crippen molar-refractivity contribution in [1.29, 1.82) is 0 Å². The Morgan fingerprint density at radius 1 is 0.800 bits per heavy atom. The van der Waals surface area contributed by atoms with Gasteiger partial charge in [-0.15, -0.1) is 0 Å². The van der Waals surface area contributed by atoms with Gasteiger partial charge in [0.2, 0.25) is 5.60 Å². The first-order chi connectivity index (χ1) is 11.4. The van der Waals surface area contributed by atoms with E-state index < -0.39 is 34.9 Å². The number of halogens is 7. The molecular formula is C17H11F7O. The quantitative estimate of drug-likeness (QED) is 0.732. The lowest BCUT2D eigenvalue weighted by molar-refractivity contribution is -0.244. The van der Waals surface area contributed by atoms with E-state index >= 15 is 0 Å². The fraction of sp³-hybridized carbons (Fsp3) is 0.176. The molecule has 2 rings (SSSR count). The molecule has 0 aliphatic heterocycles. The molecule has 2 aromatic rings. The first-order valence-corrected chi connectivity index (χ1v) is 6.85. The van der Waals surface area contributed by atoms with Crippen molar-refractivity contribution >= 4 is 6.08 Å². The molecule has 0 saturated heterocycles. The summed E-state index contributed by atoms with van der Waals surface area (Å²) in [7, 11) is 0. The maximum atomic E-state index is 13.3. The van der Waals surface area contributed by atoms with Crippen LogP contribution in [0.2, 0.25) is 0 Å². The SMILES string of the molecule is OC(C=Cc1cccc(F)c1)(c1ccc(C(F)(F)F)cc1)C(F)(F)F.